The lowest BCUT2D eigenvalue weighted by atomic mass is 9.84. The molecule has 7 heteroatoms. The van der Waals surface area contributed by atoms with Crippen LogP contribution in [0.5, 0.6) is 0 Å². The highest BCUT2D eigenvalue weighted by Gasteiger charge is 2.32. The van der Waals surface area contributed by atoms with Crippen LogP contribution in [0.1, 0.15) is 52.4 Å². The number of carbonyl (C=O) groups excluding carboxylic acids is 2. The zero-order chi connectivity index (χ0) is 18.7. The van der Waals surface area contributed by atoms with E-state index in [9.17, 15) is 29.4 Å². The predicted molar refractivity (Wildman–Crippen MR) is 86.5 cm³/mol. The van der Waals surface area contributed by atoms with Gasteiger partial charge in [0.05, 0.1) is 0 Å². The van der Waals surface area contributed by atoms with Crippen LogP contribution in [-0.4, -0.2) is 34.1 Å². The van der Waals surface area contributed by atoms with E-state index in [4.69, 9.17) is 4.74 Å². The summed E-state index contributed by atoms with van der Waals surface area (Å²) >= 11 is 0. The molecule has 0 heterocycles. The van der Waals surface area contributed by atoms with Crippen molar-refractivity contribution in [2.75, 3.05) is 0 Å². The van der Waals surface area contributed by atoms with Gasteiger partial charge in [0.1, 0.15) is 0 Å². The smallest absolute Gasteiger partial charge is 0.342 e. The molecule has 2 N–H and O–H groups in total. The Morgan fingerprint density at radius 3 is 1.44 bits per heavy atom. The number of carbonyl (C=O) groups is 4. The minimum atomic E-state index is -1.19. The summed E-state index contributed by atoms with van der Waals surface area (Å²) in [6.07, 6.45) is 2.22. The lowest BCUT2D eigenvalue weighted by Gasteiger charge is -2.23. The average Bonchev–Trinajstić information content (AvgIpc) is 2.54. The van der Waals surface area contributed by atoms with Crippen molar-refractivity contribution >= 4 is 23.9 Å². The minimum Gasteiger partial charge on any atom is -0.478 e. The number of carboxylic acids is 2. The van der Waals surface area contributed by atoms with Gasteiger partial charge in [-0.05, 0) is 50.4 Å². The summed E-state index contributed by atoms with van der Waals surface area (Å²) in [5.41, 5.74) is -0.0521. The van der Waals surface area contributed by atoms with Crippen molar-refractivity contribution < 1.29 is 34.1 Å². The van der Waals surface area contributed by atoms with E-state index in [1.807, 2.05) is 13.8 Å². The first kappa shape index (κ1) is 18.9. The van der Waals surface area contributed by atoms with Crippen molar-refractivity contribution in [3.05, 3.63) is 22.3 Å². The lowest BCUT2D eigenvalue weighted by molar-refractivity contribution is -0.155. The van der Waals surface area contributed by atoms with Gasteiger partial charge in [-0.2, -0.15) is 0 Å². The number of ether oxygens (including phenoxy) is 1. The van der Waals surface area contributed by atoms with Crippen LogP contribution in [0.25, 0.3) is 0 Å². The van der Waals surface area contributed by atoms with E-state index >= 15 is 0 Å². The highest BCUT2D eigenvalue weighted by Crippen LogP contribution is 2.32. The molecule has 0 bridgehead atoms. The summed E-state index contributed by atoms with van der Waals surface area (Å²) in [7, 11) is 0. The molecule has 2 rings (SSSR count). The molecular weight excluding hydrogens is 328 g/mol. The quantitative estimate of drug-likeness (QED) is 0.590. The largest absolute Gasteiger partial charge is 0.478 e. The van der Waals surface area contributed by atoms with Gasteiger partial charge in [-0.25, -0.2) is 19.2 Å². The molecule has 2 atom stereocenters. The maximum atomic E-state index is 12.3. The van der Waals surface area contributed by atoms with Crippen molar-refractivity contribution in [2.24, 2.45) is 11.8 Å². The Morgan fingerprint density at radius 1 is 0.760 bits per heavy atom. The van der Waals surface area contributed by atoms with Crippen LogP contribution in [0.3, 0.4) is 0 Å². The molecule has 0 fully saturated rings. The molecule has 0 saturated carbocycles. The third kappa shape index (κ3) is 4.35. The number of carboxylic acid groups (broad SMARTS) is 2. The molecule has 0 spiro atoms. The van der Waals surface area contributed by atoms with Gasteiger partial charge in [-0.3, -0.25) is 0 Å². The second-order valence-electron chi connectivity index (χ2n) is 6.90. The molecular formula is C18H22O7. The second kappa shape index (κ2) is 7.63. The van der Waals surface area contributed by atoms with Gasteiger partial charge in [0.15, 0.2) is 0 Å². The van der Waals surface area contributed by atoms with Gasteiger partial charge in [0.2, 0.25) is 0 Å². The second-order valence-corrected chi connectivity index (χ2v) is 6.90. The van der Waals surface area contributed by atoms with E-state index in [0.717, 1.165) is 0 Å². The summed E-state index contributed by atoms with van der Waals surface area (Å²) in [5.74, 6) is -4.07. The summed E-state index contributed by atoms with van der Waals surface area (Å²) in [4.78, 5) is 47.2. The van der Waals surface area contributed by atoms with Crippen LogP contribution in [0.2, 0.25) is 0 Å². The standard InChI is InChI=1S/C18H22O7/c1-9-3-5-11(13(7-9)15(19)20)17(23)25-18(24)12-6-4-10(2)8-14(12)16(21)22/h9-10H,3-8H2,1-2H3,(H,19,20)(H,21,22). The molecule has 0 aromatic heterocycles. The lowest BCUT2D eigenvalue weighted by Crippen LogP contribution is -2.25. The minimum absolute atomic E-state index is 0.000558. The Balaban J connectivity index is 2.23. The summed E-state index contributed by atoms with van der Waals surface area (Å²) in [5, 5.41) is 18.5. The monoisotopic (exact) mass is 350 g/mol. The van der Waals surface area contributed by atoms with Gasteiger partial charge in [0, 0.05) is 22.3 Å². The number of hydrogen-bond acceptors (Lipinski definition) is 5. The Morgan fingerprint density at radius 2 is 1.12 bits per heavy atom. The predicted octanol–water partition coefficient (Wildman–Crippen LogP) is 2.46. The fraction of sp³-hybridized carbons (Fsp3) is 0.556. The van der Waals surface area contributed by atoms with E-state index in [1.54, 1.807) is 0 Å². The van der Waals surface area contributed by atoms with Crippen LogP contribution in [-0.2, 0) is 23.9 Å². The zero-order valence-corrected chi connectivity index (χ0v) is 14.3. The molecule has 0 aliphatic heterocycles. The van der Waals surface area contributed by atoms with E-state index < -0.39 is 23.9 Å². The summed E-state index contributed by atoms with van der Waals surface area (Å²) in [6.45, 7) is 3.78. The maximum Gasteiger partial charge on any atom is 0.342 e. The highest BCUT2D eigenvalue weighted by atomic mass is 16.6. The summed E-state index contributed by atoms with van der Waals surface area (Å²) in [6, 6.07) is 0. The maximum absolute atomic E-state index is 12.3. The van der Waals surface area contributed by atoms with Gasteiger partial charge in [-0.1, -0.05) is 13.8 Å². The molecule has 0 aromatic carbocycles. The highest BCUT2D eigenvalue weighted by molar-refractivity contribution is 6.08. The van der Waals surface area contributed by atoms with Gasteiger partial charge in [0.25, 0.3) is 0 Å². The zero-order valence-electron chi connectivity index (χ0n) is 14.3. The molecule has 0 aromatic rings. The number of hydrogen-bond donors (Lipinski definition) is 2. The SMILES string of the molecule is CC1CCC(C(=O)OC(=O)C2=C(C(=O)O)CC(C)CC2)=C(C(=O)O)C1. The van der Waals surface area contributed by atoms with Gasteiger partial charge >= 0.3 is 23.9 Å². The fourth-order valence-electron chi connectivity index (χ4n) is 3.32. The van der Waals surface area contributed by atoms with Crippen LogP contribution in [0.15, 0.2) is 22.3 Å². The van der Waals surface area contributed by atoms with Crippen molar-refractivity contribution in [3.8, 4) is 0 Å². The molecule has 25 heavy (non-hydrogen) atoms. The van der Waals surface area contributed by atoms with Gasteiger partial charge in [-0.15, -0.1) is 0 Å². The number of rotatable bonds is 4. The topological polar surface area (TPSA) is 118 Å². The Kier molecular flexibility index (Phi) is 5.77. The normalized spacial score (nSPS) is 24.1. The van der Waals surface area contributed by atoms with E-state index in [1.165, 1.54) is 0 Å². The Hall–Kier alpha value is -2.44. The van der Waals surface area contributed by atoms with Crippen molar-refractivity contribution in [3.63, 3.8) is 0 Å². The van der Waals surface area contributed by atoms with Crippen LogP contribution >= 0.6 is 0 Å². The summed E-state index contributed by atoms with van der Waals surface area (Å²) < 4.78 is 4.84. The molecule has 136 valence electrons. The van der Waals surface area contributed by atoms with Crippen molar-refractivity contribution in [1.82, 2.24) is 0 Å². The van der Waals surface area contributed by atoms with Gasteiger partial charge < -0.3 is 14.9 Å². The van der Waals surface area contributed by atoms with Crippen molar-refractivity contribution in [2.45, 2.75) is 52.4 Å². The molecule has 0 saturated heterocycles. The van der Waals surface area contributed by atoms with Crippen LogP contribution < -0.4 is 0 Å². The first-order chi connectivity index (χ1) is 11.7. The third-order valence-corrected chi connectivity index (χ3v) is 4.80. The number of esters is 2. The van der Waals surface area contributed by atoms with Crippen LogP contribution in [0.4, 0.5) is 0 Å². The fourth-order valence-corrected chi connectivity index (χ4v) is 3.32. The molecule has 7 nitrogen and oxygen atoms in total. The molecule has 0 radical (unpaired) electrons. The first-order valence-electron chi connectivity index (χ1n) is 8.37. The number of aliphatic carboxylic acids is 2. The van der Waals surface area contributed by atoms with Crippen LogP contribution in [0, 0.1) is 11.8 Å². The average molecular weight is 350 g/mol. The first-order valence-corrected chi connectivity index (χ1v) is 8.37. The molecule has 2 aliphatic carbocycles. The molecule has 2 unspecified atom stereocenters. The molecule has 0 amide bonds. The molecule has 2 aliphatic rings. The third-order valence-electron chi connectivity index (χ3n) is 4.80. The van der Waals surface area contributed by atoms with E-state index in [-0.39, 0.29) is 59.8 Å². The Bertz CT molecular complexity index is 626. The van der Waals surface area contributed by atoms with Crippen molar-refractivity contribution in [1.29, 1.82) is 0 Å². The van der Waals surface area contributed by atoms with E-state index in [2.05, 4.69) is 0 Å². The Labute approximate surface area is 145 Å². The van der Waals surface area contributed by atoms with E-state index in [0.29, 0.717) is 12.8 Å².